The van der Waals surface area contributed by atoms with Gasteiger partial charge in [-0.25, -0.2) is 4.98 Å². The normalized spacial score (nSPS) is 10.8. The number of hydrogen-bond donors (Lipinski definition) is 1. The number of benzene rings is 1. The summed E-state index contributed by atoms with van der Waals surface area (Å²) in [6.45, 7) is 2.81. The lowest BCUT2D eigenvalue weighted by Gasteiger charge is -2.09. The van der Waals surface area contributed by atoms with Gasteiger partial charge in [0.05, 0.1) is 11.4 Å². The van der Waals surface area contributed by atoms with Gasteiger partial charge in [-0.05, 0) is 31.2 Å². The van der Waals surface area contributed by atoms with Crippen LogP contribution in [0.2, 0.25) is 0 Å². The van der Waals surface area contributed by atoms with Crippen molar-refractivity contribution < 1.29 is 4.74 Å². The quantitative estimate of drug-likeness (QED) is 0.797. The fraction of sp³-hybridized carbons (Fsp3) is 0.176. The van der Waals surface area contributed by atoms with Crippen molar-refractivity contribution in [1.29, 1.82) is 0 Å². The second-order valence-electron chi connectivity index (χ2n) is 4.89. The van der Waals surface area contributed by atoms with E-state index < -0.39 is 0 Å². The highest BCUT2D eigenvalue weighted by molar-refractivity contribution is 5.84. The molecule has 2 heterocycles. The van der Waals surface area contributed by atoms with E-state index in [4.69, 9.17) is 10.5 Å². The Bertz CT molecular complexity index is 771. The van der Waals surface area contributed by atoms with Crippen LogP contribution in [0.3, 0.4) is 0 Å². The fourth-order valence-electron chi connectivity index (χ4n) is 2.21. The van der Waals surface area contributed by atoms with Crippen molar-refractivity contribution in [2.45, 2.75) is 20.1 Å². The molecule has 0 amide bonds. The molecule has 0 radical (unpaired) electrons. The molecule has 3 rings (SSSR count). The first-order valence-electron chi connectivity index (χ1n) is 6.90. The van der Waals surface area contributed by atoms with Crippen LogP contribution >= 0.6 is 0 Å². The molecule has 2 aromatic heterocycles. The molecule has 0 atom stereocenters. The zero-order valence-electron chi connectivity index (χ0n) is 11.9. The average Bonchev–Trinajstić information content (AvgIpc) is 2.53. The topological polar surface area (TPSA) is 61.0 Å². The fourth-order valence-corrected chi connectivity index (χ4v) is 2.21. The zero-order chi connectivity index (χ0) is 14.7. The van der Waals surface area contributed by atoms with Gasteiger partial charge in [0.1, 0.15) is 17.9 Å². The van der Waals surface area contributed by atoms with Crippen molar-refractivity contribution in [1.82, 2.24) is 9.97 Å². The molecule has 0 saturated carbocycles. The first-order valence-corrected chi connectivity index (χ1v) is 6.90. The van der Waals surface area contributed by atoms with Gasteiger partial charge in [0.15, 0.2) is 0 Å². The van der Waals surface area contributed by atoms with E-state index in [9.17, 15) is 0 Å². The molecule has 21 heavy (non-hydrogen) atoms. The van der Waals surface area contributed by atoms with Crippen LogP contribution in [0.25, 0.3) is 10.9 Å². The SMILES string of the molecule is Cc1ccc2cccc(OCc3cccc(CN)n3)c2n1. The maximum atomic E-state index is 5.89. The molecule has 2 N–H and O–H groups in total. The molecule has 0 aliphatic heterocycles. The number of ether oxygens (including phenoxy) is 1. The van der Waals surface area contributed by atoms with E-state index in [0.717, 1.165) is 33.7 Å². The Morgan fingerprint density at radius 2 is 1.76 bits per heavy atom. The van der Waals surface area contributed by atoms with E-state index >= 15 is 0 Å². The minimum absolute atomic E-state index is 0.405. The van der Waals surface area contributed by atoms with Gasteiger partial charge in [-0.15, -0.1) is 0 Å². The minimum Gasteiger partial charge on any atom is -0.485 e. The zero-order valence-corrected chi connectivity index (χ0v) is 11.9. The third kappa shape index (κ3) is 3.01. The number of fused-ring (bicyclic) bond motifs is 1. The summed E-state index contributed by atoms with van der Waals surface area (Å²) < 4.78 is 5.89. The number of aromatic nitrogens is 2. The van der Waals surface area contributed by atoms with Gasteiger partial charge in [0.2, 0.25) is 0 Å². The number of nitrogens with zero attached hydrogens (tertiary/aromatic N) is 2. The third-order valence-corrected chi connectivity index (χ3v) is 3.27. The van der Waals surface area contributed by atoms with Crippen molar-refractivity contribution in [2.24, 2.45) is 5.73 Å². The van der Waals surface area contributed by atoms with Crippen molar-refractivity contribution in [3.8, 4) is 5.75 Å². The Balaban J connectivity index is 1.86. The highest BCUT2D eigenvalue weighted by atomic mass is 16.5. The number of aryl methyl sites for hydroxylation is 1. The lowest BCUT2D eigenvalue weighted by Crippen LogP contribution is -2.04. The molecule has 0 aliphatic rings. The number of hydrogen-bond acceptors (Lipinski definition) is 4. The highest BCUT2D eigenvalue weighted by Crippen LogP contribution is 2.24. The van der Waals surface area contributed by atoms with Gasteiger partial charge in [-0.3, -0.25) is 4.98 Å². The van der Waals surface area contributed by atoms with E-state index in [1.807, 2.05) is 49.4 Å². The first-order chi connectivity index (χ1) is 10.3. The van der Waals surface area contributed by atoms with E-state index in [1.54, 1.807) is 0 Å². The monoisotopic (exact) mass is 279 g/mol. The van der Waals surface area contributed by atoms with Crippen LogP contribution in [0.1, 0.15) is 17.1 Å². The third-order valence-electron chi connectivity index (χ3n) is 3.27. The Morgan fingerprint density at radius 3 is 2.62 bits per heavy atom. The van der Waals surface area contributed by atoms with Gasteiger partial charge in [0.25, 0.3) is 0 Å². The van der Waals surface area contributed by atoms with Crippen LogP contribution in [0, 0.1) is 6.92 Å². The number of rotatable bonds is 4. The molecule has 0 fully saturated rings. The van der Waals surface area contributed by atoms with Gasteiger partial charge in [0, 0.05) is 17.6 Å². The van der Waals surface area contributed by atoms with Crippen molar-refractivity contribution >= 4 is 10.9 Å². The van der Waals surface area contributed by atoms with Crippen molar-refractivity contribution in [2.75, 3.05) is 0 Å². The Hall–Kier alpha value is -2.46. The average molecular weight is 279 g/mol. The standard InChI is InChI=1S/C17H17N3O/c1-12-8-9-13-4-2-7-16(17(13)19-12)21-11-15-6-3-5-14(10-18)20-15/h2-9H,10-11,18H2,1H3. The largest absolute Gasteiger partial charge is 0.485 e. The van der Waals surface area contributed by atoms with E-state index in [-0.39, 0.29) is 0 Å². The molecule has 0 spiro atoms. The lowest BCUT2D eigenvalue weighted by atomic mass is 10.2. The maximum absolute atomic E-state index is 5.89. The number of nitrogens with two attached hydrogens (primary N) is 1. The van der Waals surface area contributed by atoms with E-state index in [1.165, 1.54) is 0 Å². The van der Waals surface area contributed by atoms with Crippen LogP contribution in [0.15, 0.2) is 48.5 Å². The van der Waals surface area contributed by atoms with Crippen LogP contribution in [-0.4, -0.2) is 9.97 Å². The Labute approximate surface area is 123 Å². The smallest absolute Gasteiger partial charge is 0.146 e. The Kier molecular flexibility index (Phi) is 3.79. The van der Waals surface area contributed by atoms with Crippen LogP contribution in [-0.2, 0) is 13.2 Å². The molecule has 0 unspecified atom stereocenters. The molecular formula is C17H17N3O. The van der Waals surface area contributed by atoms with Crippen molar-refractivity contribution in [3.63, 3.8) is 0 Å². The molecule has 4 heteroatoms. The minimum atomic E-state index is 0.405. The molecule has 0 aliphatic carbocycles. The summed E-state index contributed by atoms with van der Waals surface area (Å²) in [4.78, 5) is 8.99. The van der Waals surface area contributed by atoms with Gasteiger partial charge in [-0.2, -0.15) is 0 Å². The van der Waals surface area contributed by atoms with E-state index in [0.29, 0.717) is 13.2 Å². The lowest BCUT2D eigenvalue weighted by molar-refractivity contribution is 0.304. The predicted octanol–water partition coefficient (Wildman–Crippen LogP) is 2.98. The molecule has 4 nitrogen and oxygen atoms in total. The van der Waals surface area contributed by atoms with Crippen molar-refractivity contribution in [3.05, 3.63) is 65.6 Å². The predicted molar refractivity (Wildman–Crippen MR) is 82.9 cm³/mol. The summed E-state index contributed by atoms with van der Waals surface area (Å²) in [5.74, 6) is 0.774. The summed E-state index contributed by atoms with van der Waals surface area (Å²) in [5, 5.41) is 1.07. The molecular weight excluding hydrogens is 262 g/mol. The molecule has 0 saturated heterocycles. The Morgan fingerprint density at radius 1 is 0.952 bits per heavy atom. The van der Waals surface area contributed by atoms with Crippen LogP contribution in [0.5, 0.6) is 5.75 Å². The van der Waals surface area contributed by atoms with Gasteiger partial charge >= 0.3 is 0 Å². The summed E-state index contributed by atoms with van der Waals surface area (Å²) >= 11 is 0. The summed E-state index contributed by atoms with van der Waals surface area (Å²) in [6.07, 6.45) is 0. The number of para-hydroxylation sites is 1. The van der Waals surface area contributed by atoms with Gasteiger partial charge < -0.3 is 10.5 Å². The molecule has 106 valence electrons. The number of pyridine rings is 2. The molecule has 1 aromatic carbocycles. The molecule has 3 aromatic rings. The summed E-state index contributed by atoms with van der Waals surface area (Å²) in [6, 6.07) is 15.8. The second kappa shape index (κ2) is 5.89. The summed E-state index contributed by atoms with van der Waals surface area (Å²) in [7, 11) is 0. The second-order valence-corrected chi connectivity index (χ2v) is 4.89. The van der Waals surface area contributed by atoms with Crippen LogP contribution < -0.4 is 10.5 Å². The van der Waals surface area contributed by atoms with E-state index in [2.05, 4.69) is 16.0 Å². The van der Waals surface area contributed by atoms with Gasteiger partial charge in [-0.1, -0.05) is 24.3 Å². The maximum Gasteiger partial charge on any atom is 0.146 e. The summed E-state index contributed by atoms with van der Waals surface area (Å²) in [5.41, 5.74) is 9.19. The highest BCUT2D eigenvalue weighted by Gasteiger charge is 2.05. The van der Waals surface area contributed by atoms with Crippen LogP contribution in [0.4, 0.5) is 0 Å². The molecule has 0 bridgehead atoms. The first kappa shape index (κ1) is 13.5.